The minimum atomic E-state index is -0.238. The first-order valence-corrected chi connectivity index (χ1v) is 11.0. The second-order valence-corrected chi connectivity index (χ2v) is 8.53. The van der Waals surface area contributed by atoms with E-state index in [1.807, 2.05) is 29.2 Å². The first-order chi connectivity index (χ1) is 13.1. The predicted molar refractivity (Wildman–Crippen MR) is 110 cm³/mol. The van der Waals surface area contributed by atoms with E-state index in [1.165, 1.54) is 0 Å². The number of carbonyl (C=O) groups excluding carboxylic acids is 2. The number of hydrogen-bond donors (Lipinski definition) is 1. The van der Waals surface area contributed by atoms with Crippen LogP contribution in [0.15, 0.2) is 28.7 Å². The SMILES string of the molecule is CCCNC(=O)[C@H]1CCCN(C(=O)[C@@H](c2ccc(Br)cc2)N2CCCC2)C1. The van der Waals surface area contributed by atoms with Gasteiger partial charge in [-0.3, -0.25) is 14.5 Å². The van der Waals surface area contributed by atoms with Crippen molar-refractivity contribution in [1.29, 1.82) is 0 Å². The molecule has 6 heteroatoms. The molecule has 2 fully saturated rings. The molecular formula is C21H30BrN3O2. The number of amides is 2. The lowest BCUT2D eigenvalue weighted by Crippen LogP contribution is -2.49. The van der Waals surface area contributed by atoms with Crippen molar-refractivity contribution in [3.63, 3.8) is 0 Å². The fourth-order valence-corrected chi connectivity index (χ4v) is 4.38. The third-order valence-electron chi connectivity index (χ3n) is 5.58. The van der Waals surface area contributed by atoms with Crippen molar-refractivity contribution >= 4 is 27.7 Å². The molecule has 1 aromatic carbocycles. The highest BCUT2D eigenvalue weighted by Crippen LogP contribution is 2.30. The quantitative estimate of drug-likeness (QED) is 0.744. The number of carbonyl (C=O) groups is 2. The first-order valence-electron chi connectivity index (χ1n) is 10.2. The van der Waals surface area contributed by atoms with E-state index < -0.39 is 0 Å². The van der Waals surface area contributed by atoms with Crippen LogP contribution in [-0.2, 0) is 9.59 Å². The van der Waals surface area contributed by atoms with Crippen LogP contribution in [-0.4, -0.2) is 54.3 Å². The lowest BCUT2D eigenvalue weighted by Gasteiger charge is -2.37. The Morgan fingerprint density at radius 2 is 1.85 bits per heavy atom. The third kappa shape index (κ3) is 5.11. The number of nitrogens with one attached hydrogen (secondary N) is 1. The number of benzene rings is 1. The molecule has 2 atom stereocenters. The maximum absolute atomic E-state index is 13.5. The van der Waals surface area contributed by atoms with E-state index in [2.05, 4.69) is 33.1 Å². The second-order valence-electron chi connectivity index (χ2n) is 7.61. The van der Waals surface area contributed by atoms with Gasteiger partial charge in [-0.15, -0.1) is 0 Å². The lowest BCUT2D eigenvalue weighted by atomic mass is 9.95. The van der Waals surface area contributed by atoms with Gasteiger partial charge >= 0.3 is 0 Å². The van der Waals surface area contributed by atoms with Crippen LogP contribution in [0.4, 0.5) is 0 Å². The van der Waals surface area contributed by atoms with Crippen LogP contribution in [0.25, 0.3) is 0 Å². The number of likely N-dealkylation sites (tertiary alicyclic amines) is 2. The summed E-state index contributed by atoms with van der Waals surface area (Å²) in [6, 6.07) is 7.85. The van der Waals surface area contributed by atoms with E-state index in [0.717, 1.165) is 61.8 Å². The Bertz CT molecular complexity index is 643. The Balaban J connectivity index is 1.74. The highest BCUT2D eigenvalue weighted by Gasteiger charge is 2.36. The summed E-state index contributed by atoms with van der Waals surface area (Å²) in [5, 5.41) is 2.99. The third-order valence-corrected chi connectivity index (χ3v) is 6.11. The van der Waals surface area contributed by atoms with E-state index in [9.17, 15) is 9.59 Å². The predicted octanol–water partition coefficient (Wildman–Crippen LogP) is 3.35. The molecule has 2 aliphatic rings. The van der Waals surface area contributed by atoms with E-state index in [4.69, 9.17) is 0 Å². The van der Waals surface area contributed by atoms with Gasteiger partial charge in [0.25, 0.3) is 0 Å². The summed E-state index contributed by atoms with van der Waals surface area (Å²) in [5.41, 5.74) is 1.04. The Morgan fingerprint density at radius 3 is 2.52 bits per heavy atom. The van der Waals surface area contributed by atoms with Gasteiger partial charge in [0.05, 0.1) is 5.92 Å². The molecule has 2 amide bonds. The van der Waals surface area contributed by atoms with Crippen LogP contribution < -0.4 is 5.32 Å². The molecule has 2 aliphatic heterocycles. The normalized spacial score (nSPS) is 21.9. The van der Waals surface area contributed by atoms with Crippen molar-refractivity contribution in [2.24, 2.45) is 5.92 Å². The average molecular weight is 436 g/mol. The Kier molecular flexibility index (Phi) is 7.30. The minimum Gasteiger partial charge on any atom is -0.356 e. The number of rotatable bonds is 6. The van der Waals surface area contributed by atoms with Crippen molar-refractivity contribution in [3.8, 4) is 0 Å². The fourth-order valence-electron chi connectivity index (χ4n) is 4.11. The van der Waals surface area contributed by atoms with Crippen LogP contribution in [0.2, 0.25) is 0 Å². The highest BCUT2D eigenvalue weighted by molar-refractivity contribution is 9.10. The van der Waals surface area contributed by atoms with E-state index in [0.29, 0.717) is 13.1 Å². The molecule has 27 heavy (non-hydrogen) atoms. The van der Waals surface area contributed by atoms with E-state index in [-0.39, 0.29) is 23.8 Å². The van der Waals surface area contributed by atoms with Gasteiger partial charge in [0, 0.05) is 24.1 Å². The van der Waals surface area contributed by atoms with E-state index >= 15 is 0 Å². The Hall–Kier alpha value is -1.40. The van der Waals surface area contributed by atoms with Gasteiger partial charge in [-0.1, -0.05) is 35.0 Å². The monoisotopic (exact) mass is 435 g/mol. The average Bonchev–Trinajstić information content (AvgIpc) is 3.22. The smallest absolute Gasteiger partial charge is 0.244 e. The van der Waals surface area contributed by atoms with Crippen molar-refractivity contribution in [2.45, 2.75) is 45.1 Å². The molecule has 0 bridgehead atoms. The van der Waals surface area contributed by atoms with Gasteiger partial charge in [0.2, 0.25) is 11.8 Å². The first kappa shape index (κ1) is 20.3. The van der Waals surface area contributed by atoms with Crippen molar-refractivity contribution in [2.75, 3.05) is 32.7 Å². The molecule has 2 saturated heterocycles. The van der Waals surface area contributed by atoms with Crippen LogP contribution in [0, 0.1) is 5.92 Å². The molecule has 0 saturated carbocycles. The number of halogens is 1. The molecule has 1 N–H and O–H groups in total. The summed E-state index contributed by atoms with van der Waals surface area (Å²) >= 11 is 3.48. The standard InChI is InChI=1S/C21H30BrN3O2/c1-2-11-23-20(26)17-6-5-14-25(15-17)21(27)19(24-12-3-4-13-24)16-7-9-18(22)10-8-16/h7-10,17,19H,2-6,11-15H2,1H3,(H,23,26)/t17-,19+/m0/s1. The molecule has 2 heterocycles. The van der Waals surface area contributed by atoms with Crippen LogP contribution in [0.5, 0.6) is 0 Å². The number of nitrogens with zero attached hydrogens (tertiary/aromatic N) is 2. The van der Waals surface area contributed by atoms with Crippen LogP contribution >= 0.6 is 15.9 Å². The van der Waals surface area contributed by atoms with Gasteiger partial charge in [-0.2, -0.15) is 0 Å². The summed E-state index contributed by atoms with van der Waals surface area (Å²) in [5.74, 6) is 0.154. The molecule has 0 spiro atoms. The van der Waals surface area contributed by atoms with Gasteiger partial charge in [-0.25, -0.2) is 0 Å². The topological polar surface area (TPSA) is 52.7 Å². The molecule has 0 unspecified atom stereocenters. The molecule has 0 radical (unpaired) electrons. The summed E-state index contributed by atoms with van der Waals surface area (Å²) in [6.07, 6.45) is 4.97. The van der Waals surface area contributed by atoms with Crippen molar-refractivity contribution in [3.05, 3.63) is 34.3 Å². The zero-order chi connectivity index (χ0) is 19.2. The zero-order valence-electron chi connectivity index (χ0n) is 16.1. The fraction of sp³-hybridized carbons (Fsp3) is 0.619. The maximum Gasteiger partial charge on any atom is 0.244 e. The van der Waals surface area contributed by atoms with E-state index in [1.54, 1.807) is 0 Å². The van der Waals surface area contributed by atoms with Crippen LogP contribution in [0.1, 0.15) is 50.6 Å². The van der Waals surface area contributed by atoms with Crippen LogP contribution in [0.3, 0.4) is 0 Å². The lowest BCUT2D eigenvalue weighted by molar-refractivity contribution is -0.140. The van der Waals surface area contributed by atoms with Gasteiger partial charge in [0.1, 0.15) is 6.04 Å². The molecule has 0 aliphatic carbocycles. The zero-order valence-corrected chi connectivity index (χ0v) is 17.7. The summed E-state index contributed by atoms with van der Waals surface area (Å²) in [4.78, 5) is 30.1. The Labute approximate surface area is 170 Å². The molecule has 5 nitrogen and oxygen atoms in total. The number of piperidine rings is 1. The van der Waals surface area contributed by atoms with Gasteiger partial charge in [-0.05, 0) is 62.9 Å². The second kappa shape index (κ2) is 9.69. The van der Waals surface area contributed by atoms with Crippen molar-refractivity contribution in [1.82, 2.24) is 15.1 Å². The van der Waals surface area contributed by atoms with Crippen molar-refractivity contribution < 1.29 is 9.59 Å². The maximum atomic E-state index is 13.5. The number of hydrogen-bond acceptors (Lipinski definition) is 3. The molecule has 1 aromatic rings. The highest BCUT2D eigenvalue weighted by atomic mass is 79.9. The summed E-state index contributed by atoms with van der Waals surface area (Å²) in [6.45, 7) is 5.96. The molecular weight excluding hydrogens is 406 g/mol. The van der Waals surface area contributed by atoms with Gasteiger partial charge < -0.3 is 10.2 Å². The molecule has 3 rings (SSSR count). The largest absolute Gasteiger partial charge is 0.356 e. The summed E-state index contributed by atoms with van der Waals surface area (Å²) < 4.78 is 1.02. The Morgan fingerprint density at radius 1 is 1.15 bits per heavy atom. The summed E-state index contributed by atoms with van der Waals surface area (Å²) in [7, 11) is 0. The minimum absolute atomic E-state index is 0.0848. The molecule has 148 valence electrons. The molecule has 0 aromatic heterocycles. The van der Waals surface area contributed by atoms with Gasteiger partial charge in [0.15, 0.2) is 0 Å².